The number of rotatable bonds is 8. The monoisotopic (exact) mass is 423 g/mol. The van der Waals surface area contributed by atoms with Crippen LogP contribution in [0.4, 0.5) is 0 Å². The van der Waals surface area contributed by atoms with Gasteiger partial charge in [-0.15, -0.1) is 0 Å². The number of nitrogens with zero attached hydrogens (tertiary/aromatic N) is 1. The molecule has 1 aliphatic heterocycles. The number of hydrogen-bond donors (Lipinski definition) is 0. The van der Waals surface area contributed by atoms with Gasteiger partial charge in [-0.2, -0.15) is 0 Å². The van der Waals surface area contributed by atoms with Crippen molar-refractivity contribution in [3.8, 4) is 0 Å². The molecule has 0 N–H and O–H groups in total. The zero-order valence-electron chi connectivity index (χ0n) is 19.0. The van der Waals surface area contributed by atoms with Crippen LogP contribution in [-0.4, -0.2) is 35.0 Å². The normalized spacial score (nSPS) is 19.4. The van der Waals surface area contributed by atoms with Gasteiger partial charge in [0.15, 0.2) is 0 Å². The van der Waals surface area contributed by atoms with Crippen LogP contribution in [0.5, 0.6) is 0 Å². The average Bonchev–Trinajstić information content (AvgIpc) is 3.24. The Balaban J connectivity index is 1.84. The molecular formula is C26H33NO4. The lowest BCUT2D eigenvalue weighted by atomic mass is 9.69. The minimum atomic E-state index is -1.07. The molecule has 0 aromatic heterocycles. The topological polar surface area (TPSA) is 55.8 Å². The fourth-order valence-corrected chi connectivity index (χ4v) is 4.60. The number of esters is 2. The second kappa shape index (κ2) is 9.65. The van der Waals surface area contributed by atoms with Crippen molar-refractivity contribution in [1.82, 2.24) is 4.90 Å². The van der Waals surface area contributed by atoms with Crippen LogP contribution >= 0.6 is 0 Å². The maximum Gasteiger partial charge on any atom is 0.328 e. The predicted molar refractivity (Wildman–Crippen MR) is 120 cm³/mol. The number of carbonyl (C=O) groups excluding carboxylic acids is 2. The number of carbonyl (C=O) groups is 2. The van der Waals surface area contributed by atoms with E-state index in [-0.39, 0.29) is 31.2 Å². The molecular weight excluding hydrogens is 390 g/mol. The van der Waals surface area contributed by atoms with E-state index in [9.17, 15) is 9.59 Å². The molecule has 5 nitrogen and oxygen atoms in total. The predicted octanol–water partition coefficient (Wildman–Crippen LogP) is 4.74. The molecule has 2 aromatic rings. The van der Waals surface area contributed by atoms with Crippen LogP contribution in [0, 0.1) is 5.41 Å². The third kappa shape index (κ3) is 4.67. The SMILES string of the molecule is CC(C)N1CCCC1(C(=O)OCc1ccccc1)C(C)(C)C(=O)OCc1ccccc1. The van der Waals surface area contributed by atoms with Crippen LogP contribution in [0.3, 0.4) is 0 Å². The molecule has 31 heavy (non-hydrogen) atoms. The molecule has 2 aromatic carbocycles. The van der Waals surface area contributed by atoms with Gasteiger partial charge in [0.05, 0.1) is 5.41 Å². The van der Waals surface area contributed by atoms with Gasteiger partial charge in [-0.25, -0.2) is 4.79 Å². The van der Waals surface area contributed by atoms with Crippen LogP contribution in [-0.2, 0) is 32.3 Å². The van der Waals surface area contributed by atoms with Crippen molar-refractivity contribution in [3.63, 3.8) is 0 Å². The third-order valence-corrected chi connectivity index (χ3v) is 6.36. The Labute approximate surface area is 185 Å². The summed E-state index contributed by atoms with van der Waals surface area (Å²) in [6, 6.07) is 19.3. The van der Waals surface area contributed by atoms with E-state index >= 15 is 0 Å². The molecule has 1 unspecified atom stereocenters. The highest BCUT2D eigenvalue weighted by Crippen LogP contribution is 2.47. The lowest BCUT2D eigenvalue weighted by Crippen LogP contribution is -2.65. The summed E-state index contributed by atoms with van der Waals surface area (Å²) in [4.78, 5) is 29.0. The Hall–Kier alpha value is -2.66. The molecule has 1 heterocycles. The fourth-order valence-electron chi connectivity index (χ4n) is 4.60. The van der Waals surface area contributed by atoms with Gasteiger partial charge in [0.25, 0.3) is 0 Å². The zero-order valence-corrected chi connectivity index (χ0v) is 19.0. The highest BCUT2D eigenvalue weighted by Gasteiger charge is 2.63. The maximum absolute atomic E-state index is 13.6. The highest BCUT2D eigenvalue weighted by molar-refractivity contribution is 5.91. The Kier molecular flexibility index (Phi) is 7.16. The molecule has 1 saturated heterocycles. The lowest BCUT2D eigenvalue weighted by molar-refractivity contribution is -0.182. The molecule has 0 radical (unpaired) electrons. The molecule has 1 atom stereocenters. The van der Waals surface area contributed by atoms with Crippen molar-refractivity contribution in [2.24, 2.45) is 5.41 Å². The van der Waals surface area contributed by atoms with E-state index in [1.807, 2.05) is 74.5 Å². The summed E-state index contributed by atoms with van der Waals surface area (Å²) in [5.41, 5.74) is -0.302. The van der Waals surface area contributed by atoms with Crippen molar-refractivity contribution in [2.75, 3.05) is 6.54 Å². The van der Waals surface area contributed by atoms with Crippen LogP contribution in [0.15, 0.2) is 60.7 Å². The molecule has 3 rings (SSSR count). The van der Waals surface area contributed by atoms with Crippen LogP contribution in [0.2, 0.25) is 0 Å². The van der Waals surface area contributed by atoms with E-state index in [1.165, 1.54) is 0 Å². The fraction of sp³-hybridized carbons (Fsp3) is 0.462. The van der Waals surface area contributed by atoms with Crippen molar-refractivity contribution in [2.45, 2.75) is 65.3 Å². The maximum atomic E-state index is 13.6. The summed E-state index contributed by atoms with van der Waals surface area (Å²) in [5.74, 6) is -0.746. The lowest BCUT2D eigenvalue weighted by Gasteiger charge is -2.47. The Morgan fingerprint density at radius 3 is 1.97 bits per heavy atom. The molecule has 0 bridgehead atoms. The van der Waals surface area contributed by atoms with E-state index in [0.717, 1.165) is 24.1 Å². The Morgan fingerprint density at radius 1 is 0.935 bits per heavy atom. The van der Waals surface area contributed by atoms with E-state index < -0.39 is 11.0 Å². The summed E-state index contributed by atoms with van der Waals surface area (Å²) < 4.78 is 11.5. The smallest absolute Gasteiger partial charge is 0.328 e. The summed E-state index contributed by atoms with van der Waals surface area (Å²) >= 11 is 0. The standard InChI is InChI=1S/C26H33NO4/c1-20(2)27-17-11-16-26(27,24(29)31-19-22-14-9-6-10-15-22)25(3,4)23(28)30-18-21-12-7-5-8-13-21/h5-10,12-15,20H,11,16-19H2,1-4H3. The van der Waals surface area contributed by atoms with Gasteiger partial charge >= 0.3 is 11.9 Å². The number of benzene rings is 2. The molecule has 5 heteroatoms. The van der Waals surface area contributed by atoms with Gasteiger partial charge < -0.3 is 9.47 Å². The van der Waals surface area contributed by atoms with Gasteiger partial charge in [-0.3, -0.25) is 9.69 Å². The molecule has 1 aliphatic rings. The van der Waals surface area contributed by atoms with E-state index in [2.05, 4.69) is 18.7 Å². The second-order valence-corrected chi connectivity index (χ2v) is 9.00. The van der Waals surface area contributed by atoms with Crippen LogP contribution in [0.1, 0.15) is 51.7 Å². The van der Waals surface area contributed by atoms with Crippen molar-refractivity contribution in [3.05, 3.63) is 71.8 Å². The average molecular weight is 424 g/mol. The first-order chi connectivity index (χ1) is 14.8. The van der Waals surface area contributed by atoms with Gasteiger partial charge in [0.2, 0.25) is 0 Å². The van der Waals surface area contributed by atoms with Gasteiger partial charge in [0.1, 0.15) is 18.8 Å². The highest BCUT2D eigenvalue weighted by atomic mass is 16.5. The first kappa shape index (κ1) is 23.0. The summed E-state index contributed by atoms with van der Waals surface area (Å²) in [7, 11) is 0. The summed E-state index contributed by atoms with van der Waals surface area (Å²) in [5, 5.41) is 0. The molecule has 1 fully saturated rings. The largest absolute Gasteiger partial charge is 0.460 e. The number of ether oxygens (including phenoxy) is 2. The number of likely N-dealkylation sites (tertiary alicyclic amines) is 1. The Bertz CT molecular complexity index is 879. The van der Waals surface area contributed by atoms with E-state index in [4.69, 9.17) is 9.47 Å². The van der Waals surface area contributed by atoms with Crippen molar-refractivity contribution in [1.29, 1.82) is 0 Å². The second-order valence-electron chi connectivity index (χ2n) is 9.00. The third-order valence-electron chi connectivity index (χ3n) is 6.36. The zero-order chi connectivity index (χ0) is 22.5. The summed E-state index contributed by atoms with van der Waals surface area (Å²) in [6.07, 6.45) is 1.39. The Morgan fingerprint density at radius 2 is 1.45 bits per heavy atom. The molecule has 0 amide bonds. The van der Waals surface area contributed by atoms with E-state index in [0.29, 0.717) is 6.42 Å². The molecule has 0 aliphatic carbocycles. The quantitative estimate of drug-likeness (QED) is 0.574. The summed E-state index contributed by atoms with van der Waals surface area (Å²) in [6.45, 7) is 8.83. The van der Waals surface area contributed by atoms with Gasteiger partial charge in [-0.1, -0.05) is 60.7 Å². The first-order valence-electron chi connectivity index (χ1n) is 11.0. The van der Waals surface area contributed by atoms with Crippen molar-refractivity contribution < 1.29 is 19.1 Å². The minimum absolute atomic E-state index is 0.0907. The molecule has 0 spiro atoms. The van der Waals surface area contributed by atoms with E-state index in [1.54, 1.807) is 0 Å². The number of hydrogen-bond acceptors (Lipinski definition) is 5. The van der Waals surface area contributed by atoms with Crippen LogP contribution < -0.4 is 0 Å². The van der Waals surface area contributed by atoms with Gasteiger partial charge in [0, 0.05) is 6.04 Å². The minimum Gasteiger partial charge on any atom is -0.460 e. The molecule has 0 saturated carbocycles. The van der Waals surface area contributed by atoms with Crippen molar-refractivity contribution >= 4 is 11.9 Å². The first-order valence-corrected chi connectivity index (χ1v) is 11.0. The van der Waals surface area contributed by atoms with Gasteiger partial charge in [-0.05, 0) is 58.2 Å². The van der Waals surface area contributed by atoms with Crippen LogP contribution in [0.25, 0.3) is 0 Å². The molecule has 166 valence electrons.